The molecule has 262 valence electrons. The Labute approximate surface area is 316 Å². The first-order valence-electron chi connectivity index (χ1n) is 15.0. The molecule has 4 N–H and O–H groups in total. The van der Waals surface area contributed by atoms with Gasteiger partial charge >= 0.3 is 11.9 Å². The lowest BCUT2D eigenvalue weighted by Crippen LogP contribution is -2.05. The molecule has 0 aromatic heterocycles. The van der Waals surface area contributed by atoms with Crippen molar-refractivity contribution in [2.45, 2.75) is 46.3 Å². The lowest BCUT2D eigenvalue weighted by atomic mass is 10.1. The predicted molar refractivity (Wildman–Crippen MR) is 200 cm³/mol. The smallest absolute Gasteiger partial charge is 0.307 e. The summed E-state index contributed by atoms with van der Waals surface area (Å²) < 4.78 is 27.0. The first-order valence-corrected chi connectivity index (χ1v) is 17.7. The fourth-order valence-corrected chi connectivity index (χ4v) is 6.91. The van der Waals surface area contributed by atoms with Crippen LogP contribution in [0.4, 0.5) is 15.8 Å². The molecular formula is C35H34Br2Cl3FN2O6. The van der Waals surface area contributed by atoms with Gasteiger partial charge in [-0.3, -0.25) is 9.59 Å². The minimum absolute atomic E-state index is 0.0136. The third kappa shape index (κ3) is 12.3. The second-order valence-electron chi connectivity index (χ2n) is 10.4. The van der Waals surface area contributed by atoms with Gasteiger partial charge in [-0.1, -0.05) is 59.1 Å². The number of aryl methyl sites for hydroxylation is 1. The van der Waals surface area contributed by atoms with E-state index in [4.69, 9.17) is 54.5 Å². The van der Waals surface area contributed by atoms with E-state index in [0.717, 1.165) is 23.4 Å². The molecule has 0 unspecified atom stereocenters. The van der Waals surface area contributed by atoms with Gasteiger partial charge in [0.15, 0.2) is 11.6 Å². The number of anilines is 2. The van der Waals surface area contributed by atoms with Gasteiger partial charge in [-0.15, -0.1) is 0 Å². The van der Waals surface area contributed by atoms with Crippen LogP contribution in [-0.2, 0) is 35.6 Å². The molecule has 4 rings (SSSR count). The molecule has 0 amide bonds. The summed E-state index contributed by atoms with van der Waals surface area (Å²) in [6, 6.07) is 17.5. The van der Waals surface area contributed by atoms with Gasteiger partial charge in [0.05, 0.1) is 41.8 Å². The molecule has 0 saturated carbocycles. The molecule has 0 aliphatic rings. The van der Waals surface area contributed by atoms with Crippen molar-refractivity contribution in [2.24, 2.45) is 0 Å². The number of carbonyl (C=O) groups is 2. The molecule has 0 heterocycles. The van der Waals surface area contributed by atoms with E-state index in [0.29, 0.717) is 65.3 Å². The van der Waals surface area contributed by atoms with Crippen molar-refractivity contribution in [1.29, 1.82) is 0 Å². The summed E-state index contributed by atoms with van der Waals surface area (Å²) in [6.45, 7) is 5.55. The molecule has 0 spiro atoms. The second kappa shape index (κ2) is 19.8. The number of hydrogen-bond acceptors (Lipinski definition) is 6. The van der Waals surface area contributed by atoms with Crippen LogP contribution in [0.3, 0.4) is 0 Å². The molecule has 4 aromatic carbocycles. The van der Waals surface area contributed by atoms with E-state index < -0.39 is 11.9 Å². The molecule has 0 fully saturated rings. The highest BCUT2D eigenvalue weighted by molar-refractivity contribution is 9.11. The van der Waals surface area contributed by atoms with Crippen LogP contribution in [0.15, 0.2) is 69.6 Å². The minimum atomic E-state index is -0.912. The van der Waals surface area contributed by atoms with E-state index in [9.17, 15) is 14.0 Å². The van der Waals surface area contributed by atoms with E-state index in [2.05, 4.69) is 42.5 Å². The van der Waals surface area contributed by atoms with Crippen molar-refractivity contribution in [3.63, 3.8) is 0 Å². The number of aliphatic carboxylic acids is 2. The number of hydrogen-bond donors (Lipinski definition) is 4. The van der Waals surface area contributed by atoms with Gasteiger partial charge < -0.3 is 30.3 Å². The lowest BCUT2D eigenvalue weighted by Gasteiger charge is -2.14. The molecule has 0 aliphatic carbocycles. The largest absolute Gasteiger partial charge is 0.486 e. The standard InChI is InChI=1S/C18H18Cl3NO3.C17H16Br2FNO3/c1-2-22-15-5-3-4-12(17(15)21)10-25-18-13(19)8-11(9-14(18)20)6-7-16(23)24;1-2-21-14-5-3-4-11(16(14)20)9-24-17-12(18)6-10(7-13(17)19)8-15(22)23/h3-5,8-9,22H,2,6-7,10H2,1H3,(H,23,24);3-7,21H,2,8-9H2,1H3,(H,22,23). The molecule has 49 heavy (non-hydrogen) atoms. The molecule has 8 nitrogen and oxygen atoms in total. The van der Waals surface area contributed by atoms with Crippen LogP contribution in [0, 0.1) is 5.82 Å². The maximum Gasteiger partial charge on any atom is 0.307 e. The molecular weight excluding hydrogens is 830 g/mol. The van der Waals surface area contributed by atoms with Crippen LogP contribution in [0.5, 0.6) is 11.5 Å². The Morgan fingerprint density at radius 2 is 1.29 bits per heavy atom. The van der Waals surface area contributed by atoms with Gasteiger partial charge in [0.2, 0.25) is 0 Å². The normalized spacial score (nSPS) is 10.5. The quantitative estimate of drug-likeness (QED) is 0.0934. The highest BCUT2D eigenvalue weighted by Gasteiger charge is 2.15. The van der Waals surface area contributed by atoms with Crippen molar-refractivity contribution in [1.82, 2.24) is 0 Å². The third-order valence-corrected chi connectivity index (χ3v) is 8.92. The Morgan fingerprint density at radius 1 is 0.755 bits per heavy atom. The van der Waals surface area contributed by atoms with Crippen LogP contribution < -0.4 is 20.1 Å². The molecule has 0 bridgehead atoms. The summed E-state index contributed by atoms with van der Waals surface area (Å²) >= 11 is 25.6. The monoisotopic (exact) mass is 860 g/mol. The fraction of sp³-hybridized carbons (Fsp3) is 0.257. The average molecular weight is 864 g/mol. The van der Waals surface area contributed by atoms with Gasteiger partial charge in [0.1, 0.15) is 19.0 Å². The molecule has 0 aliphatic heterocycles. The first kappa shape index (κ1) is 40.2. The van der Waals surface area contributed by atoms with Crippen LogP contribution in [-0.4, -0.2) is 35.2 Å². The minimum Gasteiger partial charge on any atom is -0.486 e. The number of nitrogens with one attached hydrogen (secondary N) is 2. The van der Waals surface area contributed by atoms with Gasteiger partial charge in [0.25, 0.3) is 0 Å². The lowest BCUT2D eigenvalue weighted by molar-refractivity contribution is -0.137. The van der Waals surface area contributed by atoms with Crippen molar-refractivity contribution in [3.05, 3.63) is 113 Å². The summed E-state index contributed by atoms with van der Waals surface area (Å²) in [5.41, 5.74) is 3.90. The fourth-order valence-electron chi connectivity index (χ4n) is 4.51. The molecule has 4 aromatic rings. The van der Waals surface area contributed by atoms with Crippen LogP contribution >= 0.6 is 66.7 Å². The Balaban J connectivity index is 0.000000266. The number of halogens is 6. The van der Waals surface area contributed by atoms with E-state index in [-0.39, 0.29) is 31.9 Å². The van der Waals surface area contributed by atoms with Crippen LogP contribution in [0.2, 0.25) is 15.1 Å². The zero-order chi connectivity index (χ0) is 36.1. The Bertz CT molecular complexity index is 1730. The maximum atomic E-state index is 14.3. The van der Waals surface area contributed by atoms with E-state index >= 15 is 0 Å². The number of benzene rings is 4. The highest BCUT2D eigenvalue weighted by atomic mass is 79.9. The van der Waals surface area contributed by atoms with Crippen molar-refractivity contribution in [2.75, 3.05) is 23.7 Å². The Hall–Kier alpha value is -3.22. The highest BCUT2D eigenvalue weighted by Crippen LogP contribution is 2.37. The van der Waals surface area contributed by atoms with Gasteiger partial charge in [-0.2, -0.15) is 0 Å². The number of ether oxygens (including phenoxy) is 2. The summed E-state index contributed by atoms with van der Waals surface area (Å²) in [4.78, 5) is 21.5. The zero-order valence-electron chi connectivity index (χ0n) is 26.5. The van der Waals surface area contributed by atoms with Crippen molar-refractivity contribution in [3.8, 4) is 11.5 Å². The van der Waals surface area contributed by atoms with Gasteiger partial charge in [-0.25, -0.2) is 4.39 Å². The Kier molecular flexibility index (Phi) is 16.3. The number of carboxylic acids is 2. The van der Waals surface area contributed by atoms with E-state index in [1.807, 2.05) is 32.0 Å². The first-order chi connectivity index (χ1) is 23.3. The Morgan fingerprint density at radius 3 is 1.86 bits per heavy atom. The summed E-state index contributed by atoms with van der Waals surface area (Å²) in [5, 5.41) is 25.0. The van der Waals surface area contributed by atoms with E-state index in [1.54, 1.807) is 42.5 Å². The number of carboxylic acid groups (broad SMARTS) is 2. The maximum absolute atomic E-state index is 14.3. The topological polar surface area (TPSA) is 117 Å². The third-order valence-electron chi connectivity index (χ3n) is 6.73. The van der Waals surface area contributed by atoms with Crippen molar-refractivity contribution < 1.29 is 33.7 Å². The molecule has 14 heteroatoms. The molecule has 0 atom stereocenters. The van der Waals surface area contributed by atoms with Gasteiger partial charge in [-0.05, 0) is 99.7 Å². The predicted octanol–water partition coefficient (Wildman–Crippen LogP) is 10.7. The van der Waals surface area contributed by atoms with Crippen LogP contribution in [0.1, 0.15) is 42.5 Å². The number of rotatable bonds is 15. The SMILES string of the molecule is CCNc1cccc(COc2c(Br)cc(CC(=O)O)cc2Br)c1F.CCNc1cccc(COc2c(Cl)cc(CCC(=O)O)cc2Cl)c1Cl. The summed E-state index contributed by atoms with van der Waals surface area (Å²) in [7, 11) is 0. The van der Waals surface area contributed by atoms with Crippen LogP contribution in [0.25, 0.3) is 0 Å². The van der Waals surface area contributed by atoms with Crippen molar-refractivity contribution >= 4 is 90.0 Å². The average Bonchev–Trinajstić information content (AvgIpc) is 3.02. The molecule has 0 radical (unpaired) electrons. The van der Waals surface area contributed by atoms with E-state index in [1.165, 1.54) is 0 Å². The second-order valence-corrected chi connectivity index (χ2v) is 13.3. The molecule has 0 saturated heterocycles. The summed E-state index contributed by atoms with van der Waals surface area (Å²) in [5.74, 6) is -1.27. The summed E-state index contributed by atoms with van der Waals surface area (Å²) in [6.07, 6.45) is 0.280. The zero-order valence-corrected chi connectivity index (χ0v) is 32.0. The van der Waals surface area contributed by atoms with Gasteiger partial charge in [0, 0.05) is 30.6 Å².